The molecule has 1 fully saturated rings. The van der Waals surface area contributed by atoms with E-state index < -0.39 is 29.5 Å². The van der Waals surface area contributed by atoms with Gasteiger partial charge in [-0.1, -0.05) is 60.7 Å². The molecule has 1 saturated heterocycles. The zero-order chi connectivity index (χ0) is 37.0. The Hall–Kier alpha value is -5.37. The standard InChI is InChI=1S/C39H48N8O5/c40-16-5-19-43-24-35(48)44(20-6-17-41)25-38(51)47(34-15-13-30-9-2-4-11-32(30)23-34)28-37(50)45(21-7-18-42)26-39(52)46(27-36(43)49)33-14-12-29-8-1-3-10-31(29)22-33/h1-4,8-15,22-23H,5-7,16-21,24-28,40-42H2. The predicted octanol–water partition coefficient (Wildman–Crippen LogP) is 1.91. The summed E-state index contributed by atoms with van der Waals surface area (Å²) in [6.07, 6.45) is 1.25. The van der Waals surface area contributed by atoms with Crippen molar-refractivity contribution >= 4 is 62.5 Å². The third-order valence-corrected chi connectivity index (χ3v) is 9.21. The Morgan fingerprint density at radius 2 is 0.731 bits per heavy atom. The molecule has 52 heavy (non-hydrogen) atoms. The lowest BCUT2D eigenvalue weighted by molar-refractivity contribution is -0.141. The first-order valence-electron chi connectivity index (χ1n) is 17.7. The Labute approximate surface area is 303 Å². The van der Waals surface area contributed by atoms with Crippen LogP contribution in [0, 0.1) is 0 Å². The topological polar surface area (TPSA) is 180 Å². The first-order chi connectivity index (χ1) is 25.2. The van der Waals surface area contributed by atoms with Gasteiger partial charge in [0.25, 0.3) is 0 Å². The molecular weight excluding hydrogens is 660 g/mol. The van der Waals surface area contributed by atoms with E-state index in [4.69, 9.17) is 17.2 Å². The summed E-state index contributed by atoms with van der Waals surface area (Å²) in [4.78, 5) is 77.7. The van der Waals surface area contributed by atoms with Crippen LogP contribution in [0.15, 0.2) is 84.9 Å². The summed E-state index contributed by atoms with van der Waals surface area (Å²) < 4.78 is 0. The summed E-state index contributed by atoms with van der Waals surface area (Å²) in [6, 6.07) is 26.2. The van der Waals surface area contributed by atoms with Gasteiger partial charge in [-0.15, -0.1) is 0 Å². The van der Waals surface area contributed by atoms with Crippen molar-refractivity contribution in [3.8, 4) is 0 Å². The van der Waals surface area contributed by atoms with Gasteiger partial charge in [-0.25, -0.2) is 0 Å². The number of hydrogen-bond acceptors (Lipinski definition) is 8. The molecule has 5 amide bonds. The fraction of sp³-hybridized carbons (Fsp3) is 0.359. The number of carbonyl (C=O) groups excluding carboxylic acids is 5. The quantitative estimate of drug-likeness (QED) is 0.211. The number of fused-ring (bicyclic) bond motifs is 2. The molecule has 4 aromatic carbocycles. The first kappa shape index (κ1) is 37.9. The molecule has 0 saturated carbocycles. The minimum atomic E-state index is -0.498. The Balaban J connectivity index is 1.60. The summed E-state index contributed by atoms with van der Waals surface area (Å²) >= 11 is 0. The number of nitrogens with zero attached hydrogens (tertiary/aromatic N) is 5. The van der Waals surface area contributed by atoms with Crippen LogP contribution in [0.25, 0.3) is 21.5 Å². The molecule has 0 atom stereocenters. The van der Waals surface area contributed by atoms with Crippen LogP contribution < -0.4 is 27.0 Å². The van der Waals surface area contributed by atoms with Crippen LogP contribution in [-0.4, -0.2) is 116 Å². The molecule has 13 heteroatoms. The van der Waals surface area contributed by atoms with Gasteiger partial charge in [0.15, 0.2) is 0 Å². The molecule has 5 rings (SSSR count). The number of nitrogens with two attached hydrogens (primary N) is 3. The normalized spacial score (nSPS) is 15.9. The van der Waals surface area contributed by atoms with E-state index in [0.717, 1.165) is 21.5 Å². The monoisotopic (exact) mass is 708 g/mol. The van der Waals surface area contributed by atoms with E-state index >= 15 is 0 Å². The summed E-state index contributed by atoms with van der Waals surface area (Å²) in [5.41, 5.74) is 18.4. The van der Waals surface area contributed by atoms with Crippen LogP contribution in [-0.2, 0) is 24.0 Å². The molecule has 1 heterocycles. The highest BCUT2D eigenvalue weighted by molar-refractivity contribution is 6.06. The van der Waals surface area contributed by atoms with Gasteiger partial charge in [0.2, 0.25) is 29.5 Å². The highest BCUT2D eigenvalue weighted by Crippen LogP contribution is 2.25. The fourth-order valence-electron chi connectivity index (χ4n) is 6.29. The lowest BCUT2D eigenvalue weighted by Gasteiger charge is -2.30. The van der Waals surface area contributed by atoms with Crippen molar-refractivity contribution in [2.45, 2.75) is 19.3 Å². The van der Waals surface area contributed by atoms with Crippen molar-refractivity contribution in [1.29, 1.82) is 0 Å². The Bertz CT molecular complexity index is 1820. The van der Waals surface area contributed by atoms with Gasteiger partial charge in [-0.05, 0) is 84.7 Å². The largest absolute Gasteiger partial charge is 0.332 e. The predicted molar refractivity (Wildman–Crippen MR) is 203 cm³/mol. The summed E-state index contributed by atoms with van der Waals surface area (Å²) in [5, 5.41) is 3.63. The zero-order valence-corrected chi connectivity index (χ0v) is 29.5. The summed E-state index contributed by atoms with van der Waals surface area (Å²) in [7, 11) is 0. The van der Waals surface area contributed by atoms with E-state index in [1.54, 1.807) is 12.1 Å². The highest BCUT2D eigenvalue weighted by atomic mass is 16.2. The number of anilines is 2. The molecule has 0 aliphatic carbocycles. The molecule has 13 nitrogen and oxygen atoms in total. The molecule has 6 N–H and O–H groups in total. The third kappa shape index (κ3) is 9.49. The Kier molecular flexibility index (Phi) is 13.3. The molecule has 1 aliphatic heterocycles. The van der Waals surface area contributed by atoms with Gasteiger partial charge in [-0.3, -0.25) is 24.0 Å². The molecule has 0 spiro atoms. The van der Waals surface area contributed by atoms with Gasteiger partial charge in [0.05, 0.1) is 6.54 Å². The van der Waals surface area contributed by atoms with Crippen LogP contribution in [0.3, 0.4) is 0 Å². The average molecular weight is 709 g/mol. The second-order valence-electron chi connectivity index (χ2n) is 12.9. The smallest absolute Gasteiger partial charge is 0.247 e. The number of hydrogen-bond donors (Lipinski definition) is 3. The number of amides is 5. The fourth-order valence-corrected chi connectivity index (χ4v) is 6.29. The molecule has 0 aromatic heterocycles. The van der Waals surface area contributed by atoms with Gasteiger partial charge in [-0.2, -0.15) is 0 Å². The van der Waals surface area contributed by atoms with E-state index in [9.17, 15) is 24.0 Å². The van der Waals surface area contributed by atoms with E-state index in [-0.39, 0.29) is 72.0 Å². The van der Waals surface area contributed by atoms with Crippen molar-refractivity contribution in [3.63, 3.8) is 0 Å². The lowest BCUT2D eigenvalue weighted by atomic mass is 10.1. The van der Waals surface area contributed by atoms with Crippen LogP contribution in [0.4, 0.5) is 11.4 Å². The lowest BCUT2D eigenvalue weighted by Crippen LogP contribution is -2.50. The van der Waals surface area contributed by atoms with Crippen LogP contribution in [0.1, 0.15) is 19.3 Å². The van der Waals surface area contributed by atoms with Crippen molar-refractivity contribution in [3.05, 3.63) is 84.9 Å². The second-order valence-corrected chi connectivity index (χ2v) is 12.9. The van der Waals surface area contributed by atoms with Gasteiger partial charge >= 0.3 is 0 Å². The maximum absolute atomic E-state index is 14.3. The van der Waals surface area contributed by atoms with Crippen molar-refractivity contribution < 1.29 is 24.0 Å². The molecule has 274 valence electrons. The summed E-state index contributed by atoms with van der Waals surface area (Å²) in [6.45, 7) is -0.465. The van der Waals surface area contributed by atoms with E-state index in [2.05, 4.69) is 0 Å². The molecule has 4 aromatic rings. The highest BCUT2D eigenvalue weighted by Gasteiger charge is 2.31. The van der Waals surface area contributed by atoms with Crippen molar-refractivity contribution in [2.75, 3.05) is 81.8 Å². The van der Waals surface area contributed by atoms with Gasteiger partial charge in [0, 0.05) is 31.0 Å². The minimum Gasteiger partial charge on any atom is -0.332 e. The Morgan fingerprint density at radius 1 is 0.404 bits per heavy atom. The van der Waals surface area contributed by atoms with Gasteiger partial charge in [0.1, 0.15) is 26.2 Å². The number of benzene rings is 4. The van der Waals surface area contributed by atoms with E-state index in [0.29, 0.717) is 30.6 Å². The van der Waals surface area contributed by atoms with Crippen LogP contribution in [0.5, 0.6) is 0 Å². The second kappa shape index (κ2) is 18.2. The van der Waals surface area contributed by atoms with E-state index in [1.807, 2.05) is 72.8 Å². The Morgan fingerprint density at radius 3 is 1.10 bits per heavy atom. The number of carbonyl (C=O) groups is 5. The third-order valence-electron chi connectivity index (χ3n) is 9.21. The van der Waals surface area contributed by atoms with Crippen LogP contribution >= 0.6 is 0 Å². The SMILES string of the molecule is NCCCN1CC(=O)N(CCCN)CC(=O)N(c2ccc3ccccc3c2)CC(=O)N(CCCN)CC(=O)N(c2ccc3ccccc3c2)CC1=O. The molecule has 0 unspecified atom stereocenters. The molecular formula is C39H48N8O5. The molecule has 1 aliphatic rings. The van der Waals surface area contributed by atoms with Gasteiger partial charge < -0.3 is 41.7 Å². The first-order valence-corrected chi connectivity index (χ1v) is 17.7. The maximum Gasteiger partial charge on any atom is 0.247 e. The average Bonchev–Trinajstić information content (AvgIpc) is 3.16. The number of rotatable bonds is 11. The minimum absolute atomic E-state index is 0.157. The maximum atomic E-state index is 14.3. The molecule has 0 radical (unpaired) electrons. The van der Waals surface area contributed by atoms with Crippen molar-refractivity contribution in [2.24, 2.45) is 17.2 Å². The van der Waals surface area contributed by atoms with E-state index in [1.165, 1.54) is 24.5 Å². The van der Waals surface area contributed by atoms with Crippen molar-refractivity contribution in [1.82, 2.24) is 14.7 Å². The molecule has 0 bridgehead atoms. The van der Waals surface area contributed by atoms with Crippen LogP contribution in [0.2, 0.25) is 0 Å². The zero-order valence-electron chi connectivity index (χ0n) is 29.5. The summed E-state index contributed by atoms with van der Waals surface area (Å²) in [5.74, 6) is -2.40.